The zero-order valence-electron chi connectivity index (χ0n) is 8.16. The molecule has 0 aromatic heterocycles. The lowest BCUT2D eigenvalue weighted by Crippen LogP contribution is -2.37. The molecule has 0 unspecified atom stereocenters. The maximum Gasteiger partial charge on any atom is 0.158 e. The molecule has 0 heterocycles. The topological polar surface area (TPSA) is 86.2 Å². The molecule has 0 aliphatic rings. The summed E-state index contributed by atoms with van der Waals surface area (Å²) in [7, 11) is -3.24. The van der Waals surface area contributed by atoms with Crippen LogP contribution < -0.4 is 11.5 Å². The van der Waals surface area contributed by atoms with Crippen LogP contribution in [0.5, 0.6) is 0 Å². The van der Waals surface area contributed by atoms with E-state index >= 15 is 0 Å². The Morgan fingerprint density at radius 2 is 1.77 bits per heavy atom. The lowest BCUT2D eigenvalue weighted by Gasteiger charge is -2.22. The van der Waals surface area contributed by atoms with Crippen molar-refractivity contribution < 1.29 is 8.42 Å². The van der Waals surface area contributed by atoms with Gasteiger partial charge in [-0.1, -0.05) is 6.58 Å². The van der Waals surface area contributed by atoms with Gasteiger partial charge in [-0.15, -0.1) is 0 Å². The molecule has 0 radical (unpaired) electrons. The summed E-state index contributed by atoms with van der Waals surface area (Å²) in [5.41, 5.74) is 11.3. The third-order valence-corrected chi connectivity index (χ3v) is 4.05. The third-order valence-electron chi connectivity index (χ3n) is 1.96. The molecule has 13 heavy (non-hydrogen) atoms. The van der Waals surface area contributed by atoms with E-state index in [0.717, 1.165) is 6.26 Å². The Labute approximate surface area is 79.2 Å². The zero-order chi connectivity index (χ0) is 10.9. The second-order valence-electron chi connectivity index (χ2n) is 3.46. The van der Waals surface area contributed by atoms with Crippen molar-refractivity contribution >= 4 is 9.84 Å². The van der Waals surface area contributed by atoms with Crippen LogP contribution in [0, 0.1) is 0 Å². The Morgan fingerprint density at radius 1 is 1.38 bits per heavy atom. The summed E-state index contributed by atoms with van der Waals surface area (Å²) >= 11 is 0. The first-order valence-corrected chi connectivity index (χ1v) is 5.60. The van der Waals surface area contributed by atoms with Gasteiger partial charge in [-0.3, -0.25) is 0 Å². The van der Waals surface area contributed by atoms with Crippen LogP contribution in [0.3, 0.4) is 0 Å². The number of hydrogen-bond donors (Lipinski definition) is 2. The largest absolute Gasteiger partial charge is 0.401 e. The van der Waals surface area contributed by atoms with Gasteiger partial charge in [0, 0.05) is 17.6 Å². The minimum absolute atomic E-state index is 0.197. The first-order chi connectivity index (χ1) is 5.59. The van der Waals surface area contributed by atoms with Gasteiger partial charge in [0.25, 0.3) is 0 Å². The molecular formula is C8H16N2O2S. The number of nitrogens with two attached hydrogens (primary N) is 2. The normalized spacial score (nSPS) is 14.2. The van der Waals surface area contributed by atoms with Crippen LogP contribution in [-0.2, 0) is 9.84 Å². The molecule has 0 amide bonds. The molecule has 5 heteroatoms. The molecule has 0 saturated carbocycles. The number of rotatable bonds is 3. The van der Waals surface area contributed by atoms with Crippen molar-refractivity contribution in [2.24, 2.45) is 11.5 Å². The lowest BCUT2D eigenvalue weighted by atomic mass is 10.1. The van der Waals surface area contributed by atoms with Crippen molar-refractivity contribution in [2.75, 3.05) is 6.26 Å². The van der Waals surface area contributed by atoms with Crippen LogP contribution in [0.2, 0.25) is 0 Å². The fourth-order valence-corrected chi connectivity index (χ4v) is 1.07. The van der Waals surface area contributed by atoms with Gasteiger partial charge in [-0.2, -0.15) is 0 Å². The van der Waals surface area contributed by atoms with E-state index in [2.05, 4.69) is 6.58 Å². The molecule has 0 aliphatic carbocycles. The fourth-order valence-electron chi connectivity index (χ4n) is 0.588. The van der Waals surface area contributed by atoms with Gasteiger partial charge in [0.05, 0.1) is 0 Å². The molecule has 4 nitrogen and oxygen atoms in total. The Hall–Kier alpha value is -0.970. The van der Waals surface area contributed by atoms with E-state index in [1.807, 2.05) is 0 Å². The summed E-state index contributed by atoms with van der Waals surface area (Å²) in [5.74, 6) is 0. The molecule has 0 aliphatic heterocycles. The average Bonchev–Trinajstić information content (AvgIpc) is 1.82. The summed E-state index contributed by atoms with van der Waals surface area (Å²) in [6, 6.07) is 0. The van der Waals surface area contributed by atoms with Gasteiger partial charge in [0.15, 0.2) is 9.84 Å². The van der Waals surface area contributed by atoms with E-state index in [9.17, 15) is 8.42 Å². The van der Waals surface area contributed by atoms with Crippen LogP contribution >= 0.6 is 0 Å². The van der Waals surface area contributed by atoms with Crippen molar-refractivity contribution in [3.05, 3.63) is 24.0 Å². The monoisotopic (exact) mass is 204 g/mol. The Bertz CT molecular complexity index is 339. The molecule has 0 aromatic rings. The van der Waals surface area contributed by atoms with Gasteiger partial charge in [0.2, 0.25) is 0 Å². The molecule has 0 atom stereocenters. The second-order valence-corrected chi connectivity index (χ2v) is 6.02. The highest BCUT2D eigenvalue weighted by Gasteiger charge is 2.32. The maximum atomic E-state index is 11.3. The van der Waals surface area contributed by atoms with Crippen LogP contribution in [0.4, 0.5) is 0 Å². The zero-order valence-corrected chi connectivity index (χ0v) is 8.98. The fraction of sp³-hybridized carbons (Fsp3) is 0.500. The van der Waals surface area contributed by atoms with Gasteiger partial charge in [-0.05, 0) is 19.9 Å². The van der Waals surface area contributed by atoms with Gasteiger partial charge < -0.3 is 11.5 Å². The lowest BCUT2D eigenvalue weighted by molar-refractivity contribution is 0.571. The van der Waals surface area contributed by atoms with Crippen molar-refractivity contribution in [3.8, 4) is 0 Å². The molecule has 0 rings (SSSR count). The van der Waals surface area contributed by atoms with Crippen molar-refractivity contribution in [2.45, 2.75) is 18.6 Å². The van der Waals surface area contributed by atoms with E-state index in [1.54, 1.807) is 0 Å². The quantitative estimate of drug-likeness (QED) is 0.639. The Kier molecular flexibility index (Phi) is 3.16. The maximum absolute atomic E-state index is 11.3. The van der Waals surface area contributed by atoms with E-state index in [1.165, 1.54) is 19.9 Å². The van der Waals surface area contributed by atoms with Crippen molar-refractivity contribution in [3.63, 3.8) is 0 Å². The SMILES string of the molecule is C=C(N)/C=C(\N)C(C)(C)S(C)(=O)=O. The van der Waals surface area contributed by atoms with E-state index in [-0.39, 0.29) is 11.4 Å². The van der Waals surface area contributed by atoms with Crippen molar-refractivity contribution in [1.82, 2.24) is 0 Å². The van der Waals surface area contributed by atoms with E-state index < -0.39 is 14.6 Å². The number of allylic oxidation sites excluding steroid dienone is 1. The summed E-state index contributed by atoms with van der Waals surface area (Å²) in [4.78, 5) is 0. The summed E-state index contributed by atoms with van der Waals surface area (Å²) in [5, 5.41) is 0. The molecular weight excluding hydrogens is 188 g/mol. The predicted octanol–water partition coefficient (Wildman–Crippen LogP) is 0.125. The standard InChI is InChI=1S/C8H16N2O2S/c1-6(9)5-7(10)8(2,3)13(4,11)12/h5H,1,9-10H2,2-4H3/b7-5-. The van der Waals surface area contributed by atoms with Crippen LogP contribution in [-0.4, -0.2) is 19.4 Å². The molecule has 0 bridgehead atoms. The summed E-state index contributed by atoms with van der Waals surface area (Å²) < 4.78 is 21.5. The van der Waals surface area contributed by atoms with Gasteiger partial charge >= 0.3 is 0 Å². The summed E-state index contributed by atoms with van der Waals surface area (Å²) in [6.45, 7) is 6.47. The first-order valence-electron chi connectivity index (χ1n) is 3.70. The highest BCUT2D eigenvalue weighted by molar-refractivity contribution is 7.92. The van der Waals surface area contributed by atoms with Gasteiger partial charge in [-0.25, -0.2) is 8.42 Å². The van der Waals surface area contributed by atoms with E-state index in [4.69, 9.17) is 11.5 Å². The highest BCUT2D eigenvalue weighted by atomic mass is 32.2. The Balaban J connectivity index is 5.20. The summed E-state index contributed by atoms with van der Waals surface area (Å²) in [6.07, 6.45) is 2.49. The average molecular weight is 204 g/mol. The Morgan fingerprint density at radius 3 is 2.00 bits per heavy atom. The molecule has 4 N–H and O–H groups in total. The minimum Gasteiger partial charge on any atom is -0.401 e. The predicted molar refractivity (Wildman–Crippen MR) is 54.5 cm³/mol. The molecule has 76 valence electrons. The van der Waals surface area contributed by atoms with E-state index in [0.29, 0.717) is 0 Å². The minimum atomic E-state index is -3.24. The van der Waals surface area contributed by atoms with Gasteiger partial charge in [0.1, 0.15) is 4.75 Å². The van der Waals surface area contributed by atoms with Crippen LogP contribution in [0.1, 0.15) is 13.8 Å². The number of hydrogen-bond acceptors (Lipinski definition) is 4. The third kappa shape index (κ3) is 2.77. The number of sulfone groups is 1. The molecule has 0 fully saturated rings. The van der Waals surface area contributed by atoms with Crippen LogP contribution in [0.15, 0.2) is 24.0 Å². The molecule has 0 spiro atoms. The smallest absolute Gasteiger partial charge is 0.158 e. The highest BCUT2D eigenvalue weighted by Crippen LogP contribution is 2.21. The van der Waals surface area contributed by atoms with Crippen LogP contribution in [0.25, 0.3) is 0 Å². The first kappa shape index (κ1) is 12.0. The second kappa shape index (κ2) is 3.41. The molecule has 0 aromatic carbocycles. The van der Waals surface area contributed by atoms with Crippen molar-refractivity contribution in [1.29, 1.82) is 0 Å². The molecule has 0 saturated heterocycles.